The molecule has 0 aromatic carbocycles. The van der Waals surface area contributed by atoms with E-state index in [1.54, 1.807) is 0 Å². The first-order chi connectivity index (χ1) is 22.6. The third-order valence-corrected chi connectivity index (χ3v) is 9.32. The lowest BCUT2D eigenvalue weighted by Crippen LogP contribution is -2.29. The highest BCUT2D eigenvalue weighted by Gasteiger charge is 2.14. The Hall–Kier alpha value is -0.690. The van der Waals surface area contributed by atoms with Crippen molar-refractivity contribution in [3.63, 3.8) is 0 Å². The molecule has 1 unspecified atom stereocenters. The molecule has 1 atom stereocenters. The summed E-state index contributed by atoms with van der Waals surface area (Å²) < 4.78 is 11.5. The van der Waals surface area contributed by atoms with Crippen LogP contribution in [0.2, 0.25) is 0 Å². The molecule has 276 valence electrons. The number of carbonyl (C=O) groups excluding carboxylic acids is 1. The summed E-state index contributed by atoms with van der Waals surface area (Å²) in [5.74, 6) is -0.0282. The molecule has 0 radical (unpaired) electrons. The Morgan fingerprint density at radius 1 is 0.543 bits per heavy atom. The van der Waals surface area contributed by atoms with Gasteiger partial charge in [0.05, 0.1) is 19.3 Å². The van der Waals surface area contributed by atoms with E-state index < -0.39 is 6.29 Å². The predicted octanol–water partition coefficient (Wildman–Crippen LogP) is 10.9. The molecule has 46 heavy (non-hydrogen) atoms. The highest BCUT2D eigenvalue weighted by Crippen LogP contribution is 2.19. The number of hydrogen-bond donors (Lipinski definition) is 2. The summed E-state index contributed by atoms with van der Waals surface area (Å²) in [4.78, 5) is 14.3. The Balaban J connectivity index is 3.83. The number of nitrogens with zero attached hydrogens (tertiary/aromatic N) is 1. The van der Waals surface area contributed by atoms with Gasteiger partial charge >= 0.3 is 5.97 Å². The number of carbonyl (C=O) groups is 1. The predicted molar refractivity (Wildman–Crippen MR) is 196 cm³/mol. The van der Waals surface area contributed by atoms with Crippen LogP contribution in [0, 0.1) is 0 Å². The van der Waals surface area contributed by atoms with Gasteiger partial charge in [-0.15, -0.1) is 0 Å². The summed E-state index contributed by atoms with van der Waals surface area (Å²) in [5, 5.41) is 20.0. The number of unbranched alkanes of at least 4 members (excludes halogenated alkanes) is 20. The van der Waals surface area contributed by atoms with E-state index in [9.17, 15) is 15.0 Å². The van der Waals surface area contributed by atoms with Gasteiger partial charge in [0.15, 0.2) is 6.29 Å². The quantitative estimate of drug-likeness (QED) is 0.0391. The van der Waals surface area contributed by atoms with Gasteiger partial charge in [-0.3, -0.25) is 4.79 Å². The largest absolute Gasteiger partial charge is 0.466 e. The summed E-state index contributed by atoms with van der Waals surface area (Å²) >= 11 is 0. The number of aliphatic hydroxyl groups excluding tert-OH is 2. The zero-order valence-corrected chi connectivity index (χ0v) is 31.3. The van der Waals surface area contributed by atoms with Crippen LogP contribution in [0.3, 0.4) is 0 Å². The van der Waals surface area contributed by atoms with E-state index in [0.717, 1.165) is 90.3 Å². The van der Waals surface area contributed by atoms with Crippen LogP contribution in [0.1, 0.15) is 207 Å². The molecular formula is C40H81NO5. The van der Waals surface area contributed by atoms with Crippen LogP contribution in [0.25, 0.3) is 0 Å². The van der Waals surface area contributed by atoms with Crippen molar-refractivity contribution in [1.82, 2.24) is 4.90 Å². The number of ether oxygens (including phenoxy) is 2. The summed E-state index contributed by atoms with van der Waals surface area (Å²) in [6.07, 6.45) is 33.1. The number of aliphatic hydroxyl groups is 2. The maximum Gasteiger partial charge on any atom is 0.305 e. The van der Waals surface area contributed by atoms with Gasteiger partial charge in [-0.25, -0.2) is 0 Å². The molecule has 2 N–H and O–H groups in total. The van der Waals surface area contributed by atoms with Crippen molar-refractivity contribution in [1.29, 1.82) is 0 Å². The molecule has 0 bridgehead atoms. The molecular weight excluding hydrogens is 574 g/mol. The molecule has 6 nitrogen and oxygen atoms in total. The Bertz CT molecular complexity index is 592. The molecule has 0 aromatic rings. The van der Waals surface area contributed by atoms with Crippen LogP contribution in [0.5, 0.6) is 0 Å². The monoisotopic (exact) mass is 656 g/mol. The maximum absolute atomic E-state index is 11.9. The molecule has 0 amide bonds. The number of rotatable bonds is 38. The fraction of sp³-hybridized carbons (Fsp3) is 0.975. The van der Waals surface area contributed by atoms with Crippen LogP contribution < -0.4 is 0 Å². The van der Waals surface area contributed by atoms with Crippen LogP contribution in [0.4, 0.5) is 0 Å². The summed E-state index contributed by atoms with van der Waals surface area (Å²) in [5.41, 5.74) is 0. The third-order valence-electron chi connectivity index (χ3n) is 9.32. The summed E-state index contributed by atoms with van der Waals surface area (Å²) in [6, 6.07) is 0. The second-order valence-electron chi connectivity index (χ2n) is 13.9. The van der Waals surface area contributed by atoms with E-state index >= 15 is 0 Å². The third kappa shape index (κ3) is 33.2. The lowest BCUT2D eigenvalue weighted by atomic mass is 10.0. The fourth-order valence-electron chi connectivity index (χ4n) is 6.28. The first-order valence-corrected chi connectivity index (χ1v) is 20.4. The van der Waals surface area contributed by atoms with Crippen molar-refractivity contribution in [2.75, 3.05) is 32.8 Å². The molecule has 0 aliphatic carbocycles. The second kappa shape index (κ2) is 37.1. The van der Waals surface area contributed by atoms with Crippen molar-refractivity contribution >= 4 is 5.97 Å². The molecule has 0 saturated carbocycles. The minimum Gasteiger partial charge on any atom is -0.466 e. The molecule has 0 heterocycles. The van der Waals surface area contributed by atoms with Gasteiger partial charge < -0.3 is 24.6 Å². The lowest BCUT2D eigenvalue weighted by molar-refractivity contribution is -0.144. The highest BCUT2D eigenvalue weighted by molar-refractivity contribution is 5.69. The van der Waals surface area contributed by atoms with Gasteiger partial charge in [-0.05, 0) is 64.5 Å². The average Bonchev–Trinajstić information content (AvgIpc) is 3.05. The van der Waals surface area contributed by atoms with E-state index in [-0.39, 0.29) is 18.7 Å². The molecule has 0 saturated heterocycles. The van der Waals surface area contributed by atoms with Gasteiger partial charge in [0, 0.05) is 13.0 Å². The fourth-order valence-corrected chi connectivity index (χ4v) is 6.28. The van der Waals surface area contributed by atoms with Crippen LogP contribution in [-0.4, -0.2) is 66.3 Å². The zero-order valence-electron chi connectivity index (χ0n) is 31.3. The minimum atomic E-state index is -0.615. The molecule has 0 rings (SSSR count). The summed E-state index contributed by atoms with van der Waals surface area (Å²) in [6.45, 7) is 10.4. The van der Waals surface area contributed by atoms with E-state index in [0.29, 0.717) is 13.0 Å². The van der Waals surface area contributed by atoms with E-state index in [1.165, 1.54) is 109 Å². The molecule has 0 fully saturated rings. The molecule has 0 aliphatic rings. The van der Waals surface area contributed by atoms with Gasteiger partial charge in [0.25, 0.3) is 0 Å². The van der Waals surface area contributed by atoms with Crippen LogP contribution >= 0.6 is 0 Å². The molecule has 6 heteroatoms. The molecule has 0 aliphatic heterocycles. The van der Waals surface area contributed by atoms with Gasteiger partial charge in [-0.1, -0.05) is 149 Å². The lowest BCUT2D eigenvalue weighted by Gasteiger charge is -2.22. The zero-order chi connectivity index (χ0) is 33.8. The first kappa shape index (κ1) is 45.3. The highest BCUT2D eigenvalue weighted by atomic mass is 16.6. The van der Waals surface area contributed by atoms with Crippen molar-refractivity contribution < 1.29 is 24.5 Å². The van der Waals surface area contributed by atoms with Crippen LogP contribution in [0.15, 0.2) is 0 Å². The molecule has 0 spiro atoms. The maximum atomic E-state index is 11.9. The Morgan fingerprint density at radius 2 is 0.978 bits per heavy atom. The van der Waals surface area contributed by atoms with Gasteiger partial charge in [-0.2, -0.15) is 0 Å². The Morgan fingerprint density at radius 3 is 1.52 bits per heavy atom. The minimum absolute atomic E-state index is 0.0282. The molecule has 0 aromatic heterocycles. The van der Waals surface area contributed by atoms with Crippen molar-refractivity contribution in [2.45, 2.75) is 219 Å². The normalized spacial score (nSPS) is 12.4. The smallest absolute Gasteiger partial charge is 0.305 e. The van der Waals surface area contributed by atoms with E-state index in [4.69, 9.17) is 9.47 Å². The topological polar surface area (TPSA) is 79.2 Å². The van der Waals surface area contributed by atoms with Crippen molar-refractivity contribution in [3.8, 4) is 0 Å². The standard InChI is InChI=1S/C40H81NO5/c1-4-7-10-13-14-21-28-37-45-39(43)31-24-17-15-19-26-33-41(35-36-42)34-27-20-16-18-25-32-40(44)46-38(29-22-11-8-5-2)30-23-12-9-6-3/h38,40,42,44H,4-37H2,1-3H3. The number of hydrogen-bond acceptors (Lipinski definition) is 6. The van der Waals surface area contributed by atoms with Crippen molar-refractivity contribution in [2.24, 2.45) is 0 Å². The second-order valence-corrected chi connectivity index (χ2v) is 13.9. The van der Waals surface area contributed by atoms with E-state index in [2.05, 4.69) is 25.7 Å². The van der Waals surface area contributed by atoms with Crippen molar-refractivity contribution in [3.05, 3.63) is 0 Å². The SMILES string of the molecule is CCCCCCCCCOC(=O)CCCCCCCN(CCO)CCCCCCCC(O)OC(CCCCCC)CCCCCC. The van der Waals surface area contributed by atoms with Gasteiger partial charge in [0.2, 0.25) is 0 Å². The number of esters is 1. The Kier molecular flexibility index (Phi) is 36.6. The average molecular weight is 656 g/mol. The first-order valence-electron chi connectivity index (χ1n) is 20.4. The Labute approximate surface area is 287 Å². The van der Waals surface area contributed by atoms with E-state index in [1.807, 2.05) is 0 Å². The van der Waals surface area contributed by atoms with Gasteiger partial charge in [0.1, 0.15) is 0 Å². The summed E-state index contributed by atoms with van der Waals surface area (Å²) in [7, 11) is 0. The van der Waals surface area contributed by atoms with Crippen LogP contribution in [-0.2, 0) is 14.3 Å².